The van der Waals surface area contributed by atoms with Gasteiger partial charge in [0.05, 0.1) is 24.4 Å². The van der Waals surface area contributed by atoms with Gasteiger partial charge >= 0.3 is 0 Å². The van der Waals surface area contributed by atoms with E-state index in [0.717, 1.165) is 5.56 Å². The zero-order valence-corrected chi connectivity index (χ0v) is 17.8. The summed E-state index contributed by atoms with van der Waals surface area (Å²) < 4.78 is 10.9. The van der Waals surface area contributed by atoms with Crippen molar-refractivity contribution in [3.8, 4) is 11.9 Å². The maximum Gasteiger partial charge on any atom is 0.248 e. The number of carbonyl (C=O) groups excluding carboxylic acids is 1. The summed E-state index contributed by atoms with van der Waals surface area (Å²) in [7, 11) is 1.54. The Kier molecular flexibility index (Phi) is 4.66. The van der Waals surface area contributed by atoms with E-state index in [1.165, 1.54) is 7.11 Å². The highest BCUT2D eigenvalue weighted by atomic mass is 35.5. The van der Waals surface area contributed by atoms with Crippen molar-refractivity contribution in [1.29, 1.82) is 5.26 Å². The fraction of sp³-hybridized carbons (Fsp3) is 0.174. The molecule has 2 aromatic carbocycles. The van der Waals surface area contributed by atoms with Gasteiger partial charge in [-0.05, 0) is 23.8 Å². The predicted octanol–water partition coefficient (Wildman–Crippen LogP) is 3.13. The van der Waals surface area contributed by atoms with Crippen molar-refractivity contribution < 1.29 is 14.3 Å². The number of nitrogens with one attached hydrogen (secondary N) is 1. The number of nitrogens with two attached hydrogens (primary N) is 1. The Balaban J connectivity index is 1.77. The third-order valence-electron chi connectivity index (χ3n) is 5.83. The minimum absolute atomic E-state index is 0.0276. The Labute approximate surface area is 188 Å². The van der Waals surface area contributed by atoms with Crippen LogP contribution in [-0.4, -0.2) is 23.2 Å². The zero-order valence-electron chi connectivity index (χ0n) is 17.1. The van der Waals surface area contributed by atoms with Gasteiger partial charge in [0, 0.05) is 23.4 Å². The van der Waals surface area contributed by atoms with E-state index in [4.69, 9.17) is 26.8 Å². The second-order valence-electron chi connectivity index (χ2n) is 7.55. The molecular formula is C23H18ClN5O3. The molecule has 2 aliphatic heterocycles. The summed E-state index contributed by atoms with van der Waals surface area (Å²) >= 11 is 6.03. The highest BCUT2D eigenvalue weighted by Crippen LogP contribution is 2.56. The molecule has 1 spiro atoms. The van der Waals surface area contributed by atoms with Crippen LogP contribution in [0.15, 0.2) is 60.0 Å². The van der Waals surface area contributed by atoms with Crippen molar-refractivity contribution in [2.24, 2.45) is 5.73 Å². The first-order valence-electron chi connectivity index (χ1n) is 9.83. The number of methoxy groups -OCH3 is 1. The molecule has 160 valence electrons. The SMILES string of the molecule is COCc1[nH]nc2c1[C@@]1(C(=O)N(Cc3ccc(Cl)cc3)c3ccccc31)C(C#N)=C(N)O2. The molecule has 0 saturated heterocycles. The molecule has 0 saturated carbocycles. The largest absolute Gasteiger partial charge is 0.420 e. The van der Waals surface area contributed by atoms with Crippen LogP contribution in [0.4, 0.5) is 5.69 Å². The molecule has 1 aromatic heterocycles. The number of anilines is 1. The van der Waals surface area contributed by atoms with Crippen LogP contribution < -0.4 is 15.4 Å². The van der Waals surface area contributed by atoms with E-state index in [1.807, 2.05) is 36.4 Å². The van der Waals surface area contributed by atoms with Gasteiger partial charge in [-0.25, -0.2) is 0 Å². The van der Waals surface area contributed by atoms with Gasteiger partial charge in [0.1, 0.15) is 17.1 Å². The molecule has 2 aliphatic rings. The van der Waals surface area contributed by atoms with Crippen LogP contribution >= 0.6 is 11.6 Å². The molecule has 0 radical (unpaired) electrons. The Morgan fingerprint density at radius 1 is 1.28 bits per heavy atom. The molecule has 8 nitrogen and oxygen atoms in total. The summed E-state index contributed by atoms with van der Waals surface area (Å²) in [5.74, 6) is -0.298. The molecule has 9 heteroatoms. The van der Waals surface area contributed by atoms with Crippen LogP contribution in [0, 0.1) is 11.3 Å². The van der Waals surface area contributed by atoms with E-state index in [0.29, 0.717) is 34.1 Å². The number of nitrogens with zero attached hydrogens (tertiary/aromatic N) is 3. The average molecular weight is 448 g/mol. The number of para-hydroxylation sites is 1. The molecule has 0 unspecified atom stereocenters. The predicted molar refractivity (Wildman–Crippen MR) is 117 cm³/mol. The Bertz CT molecular complexity index is 1310. The van der Waals surface area contributed by atoms with Gasteiger partial charge in [-0.2, -0.15) is 5.26 Å². The third-order valence-corrected chi connectivity index (χ3v) is 6.08. The first kappa shape index (κ1) is 20.1. The van der Waals surface area contributed by atoms with Gasteiger partial charge in [0.15, 0.2) is 0 Å². The maximum absolute atomic E-state index is 14.3. The standard InChI is InChI=1S/C23H18ClN5O3/c1-31-12-17-19-21(28-27-17)32-20(26)16(10-25)23(19)15-4-2-3-5-18(15)29(22(23)30)11-13-6-8-14(24)9-7-13/h2-9H,11-12,26H2,1H3,(H,27,28)/t23-/m0/s1. The Morgan fingerprint density at radius 2 is 2.03 bits per heavy atom. The molecule has 5 rings (SSSR count). The van der Waals surface area contributed by atoms with E-state index >= 15 is 0 Å². The van der Waals surface area contributed by atoms with Crippen LogP contribution in [0.5, 0.6) is 5.88 Å². The quantitative estimate of drug-likeness (QED) is 0.634. The van der Waals surface area contributed by atoms with Crippen LogP contribution in [-0.2, 0) is 28.1 Å². The number of hydrogen-bond donors (Lipinski definition) is 2. The number of aromatic nitrogens is 2. The smallest absolute Gasteiger partial charge is 0.248 e. The van der Waals surface area contributed by atoms with Crippen LogP contribution in [0.2, 0.25) is 5.02 Å². The lowest BCUT2D eigenvalue weighted by atomic mass is 9.69. The number of H-pyrrole nitrogens is 1. The number of nitriles is 1. The summed E-state index contributed by atoms with van der Waals surface area (Å²) in [6.07, 6.45) is 0. The van der Waals surface area contributed by atoms with Crippen molar-refractivity contribution in [1.82, 2.24) is 10.2 Å². The maximum atomic E-state index is 14.3. The molecule has 0 fully saturated rings. The summed E-state index contributed by atoms with van der Waals surface area (Å²) in [6.45, 7) is 0.444. The number of fused-ring (bicyclic) bond motifs is 4. The lowest BCUT2D eigenvalue weighted by molar-refractivity contribution is -0.121. The van der Waals surface area contributed by atoms with E-state index in [-0.39, 0.29) is 29.9 Å². The molecule has 3 heterocycles. The zero-order chi connectivity index (χ0) is 22.5. The average Bonchev–Trinajstić information content (AvgIpc) is 3.29. The molecule has 1 atom stereocenters. The lowest BCUT2D eigenvalue weighted by Gasteiger charge is -2.32. The van der Waals surface area contributed by atoms with Gasteiger partial charge in [0.25, 0.3) is 0 Å². The normalized spacial score (nSPS) is 19.0. The first-order chi connectivity index (χ1) is 15.5. The minimum Gasteiger partial charge on any atom is -0.420 e. The van der Waals surface area contributed by atoms with Gasteiger partial charge in [0.2, 0.25) is 17.7 Å². The van der Waals surface area contributed by atoms with Crippen molar-refractivity contribution in [3.63, 3.8) is 0 Å². The van der Waals surface area contributed by atoms with E-state index in [1.54, 1.807) is 17.0 Å². The second kappa shape index (κ2) is 7.41. The second-order valence-corrected chi connectivity index (χ2v) is 7.99. The number of halogens is 1. The van der Waals surface area contributed by atoms with Gasteiger partial charge in [-0.15, -0.1) is 5.10 Å². The minimum atomic E-state index is -1.49. The Hall–Kier alpha value is -3.80. The molecule has 3 N–H and O–H groups in total. The molecule has 0 aliphatic carbocycles. The highest BCUT2D eigenvalue weighted by molar-refractivity contribution is 6.30. The number of aromatic amines is 1. The molecule has 1 amide bonds. The van der Waals surface area contributed by atoms with Crippen molar-refractivity contribution in [2.75, 3.05) is 12.0 Å². The molecule has 0 bridgehead atoms. The summed E-state index contributed by atoms with van der Waals surface area (Å²) in [5, 5.41) is 17.8. The molecular weight excluding hydrogens is 430 g/mol. The summed E-state index contributed by atoms with van der Waals surface area (Å²) in [4.78, 5) is 15.9. The number of hydrogen-bond acceptors (Lipinski definition) is 6. The van der Waals surface area contributed by atoms with Crippen LogP contribution in [0.1, 0.15) is 22.4 Å². The summed E-state index contributed by atoms with van der Waals surface area (Å²) in [6, 6.07) is 16.8. The van der Waals surface area contributed by atoms with Crippen molar-refractivity contribution in [3.05, 3.63) is 87.4 Å². The van der Waals surface area contributed by atoms with Crippen molar-refractivity contribution >= 4 is 23.2 Å². The number of carbonyl (C=O) groups is 1. The number of ether oxygens (including phenoxy) is 2. The monoisotopic (exact) mass is 447 g/mol. The highest BCUT2D eigenvalue weighted by Gasteiger charge is 2.60. The summed E-state index contributed by atoms with van der Waals surface area (Å²) in [5.41, 5.74) is 7.88. The van der Waals surface area contributed by atoms with Crippen LogP contribution in [0.25, 0.3) is 0 Å². The van der Waals surface area contributed by atoms with E-state index < -0.39 is 5.41 Å². The first-order valence-corrected chi connectivity index (χ1v) is 10.2. The fourth-order valence-corrected chi connectivity index (χ4v) is 4.66. The van der Waals surface area contributed by atoms with Gasteiger partial charge < -0.3 is 20.1 Å². The van der Waals surface area contributed by atoms with Crippen molar-refractivity contribution in [2.45, 2.75) is 18.6 Å². The lowest BCUT2D eigenvalue weighted by Crippen LogP contribution is -2.46. The topological polar surface area (TPSA) is 117 Å². The number of benzene rings is 2. The molecule has 32 heavy (non-hydrogen) atoms. The van der Waals surface area contributed by atoms with E-state index in [9.17, 15) is 10.1 Å². The van der Waals surface area contributed by atoms with Crippen LogP contribution in [0.3, 0.4) is 0 Å². The van der Waals surface area contributed by atoms with Gasteiger partial charge in [-0.3, -0.25) is 9.89 Å². The Morgan fingerprint density at radius 3 is 2.75 bits per heavy atom. The number of amides is 1. The third kappa shape index (κ3) is 2.65. The van der Waals surface area contributed by atoms with Gasteiger partial charge in [-0.1, -0.05) is 41.9 Å². The number of rotatable bonds is 4. The fourth-order valence-electron chi connectivity index (χ4n) is 4.54. The molecule has 3 aromatic rings. The van der Waals surface area contributed by atoms with E-state index in [2.05, 4.69) is 16.3 Å².